The minimum absolute atomic E-state index is 0.0239. The van der Waals surface area contributed by atoms with Crippen molar-refractivity contribution in [3.63, 3.8) is 0 Å². The van der Waals surface area contributed by atoms with Crippen molar-refractivity contribution in [2.45, 2.75) is 33.8 Å². The lowest BCUT2D eigenvalue weighted by Gasteiger charge is -2.13. The molecule has 0 atom stereocenters. The largest absolute Gasteiger partial charge is 0.490 e. The molecule has 1 amide bonds. The van der Waals surface area contributed by atoms with Crippen LogP contribution in [0, 0.1) is 5.92 Å². The smallest absolute Gasteiger partial charge is 0.251 e. The van der Waals surface area contributed by atoms with Gasteiger partial charge in [-0.15, -0.1) is 0 Å². The average Bonchev–Trinajstić information content (AvgIpc) is 2.75. The summed E-state index contributed by atoms with van der Waals surface area (Å²) in [5, 5.41) is 3.76. The number of benzene rings is 1. The van der Waals surface area contributed by atoms with Crippen LogP contribution in [-0.4, -0.2) is 18.6 Å². The van der Waals surface area contributed by atoms with Gasteiger partial charge in [0.25, 0.3) is 5.91 Å². The maximum Gasteiger partial charge on any atom is 0.251 e. The van der Waals surface area contributed by atoms with Crippen LogP contribution in [0.5, 0.6) is 5.75 Å². The van der Waals surface area contributed by atoms with E-state index in [1.807, 2.05) is 19.9 Å². The van der Waals surface area contributed by atoms with E-state index >= 15 is 0 Å². The lowest BCUT2D eigenvalue weighted by molar-refractivity contribution is 0.0948. The first-order valence-corrected chi connectivity index (χ1v) is 7.84. The average molecular weight is 354 g/mol. The highest BCUT2D eigenvalue weighted by molar-refractivity contribution is 9.10. The molecule has 0 radical (unpaired) electrons. The Morgan fingerprint density at radius 1 is 1.29 bits per heavy atom. The molecular weight excluding hydrogens is 334 g/mol. The summed E-state index contributed by atoms with van der Waals surface area (Å²) in [7, 11) is 0. The van der Waals surface area contributed by atoms with E-state index in [2.05, 4.69) is 35.1 Å². The summed E-state index contributed by atoms with van der Waals surface area (Å²) >= 11 is 3.31. The van der Waals surface area contributed by atoms with Gasteiger partial charge in [-0.3, -0.25) is 4.79 Å². The lowest BCUT2D eigenvalue weighted by atomic mass is 10.1. The molecule has 0 saturated heterocycles. The van der Waals surface area contributed by atoms with Crippen LogP contribution in [0.25, 0.3) is 11.0 Å². The summed E-state index contributed by atoms with van der Waals surface area (Å²) in [5.41, 5.74) is 1.18. The van der Waals surface area contributed by atoms with Crippen LogP contribution in [0.4, 0.5) is 0 Å². The van der Waals surface area contributed by atoms with Crippen molar-refractivity contribution in [2.24, 2.45) is 5.92 Å². The monoisotopic (exact) mass is 353 g/mol. The van der Waals surface area contributed by atoms with Crippen LogP contribution < -0.4 is 10.1 Å². The van der Waals surface area contributed by atoms with E-state index in [0.29, 0.717) is 34.0 Å². The highest BCUT2D eigenvalue weighted by atomic mass is 79.9. The fourth-order valence-corrected chi connectivity index (χ4v) is 2.36. The zero-order valence-corrected chi connectivity index (χ0v) is 14.3. The fraction of sp³-hybridized carbons (Fsp3) is 0.438. The Balaban J connectivity index is 2.38. The molecule has 0 aliphatic heterocycles. The number of amides is 1. The van der Waals surface area contributed by atoms with Gasteiger partial charge in [-0.05, 0) is 47.8 Å². The molecule has 1 aromatic carbocycles. The highest BCUT2D eigenvalue weighted by Crippen LogP contribution is 2.33. The first-order valence-electron chi connectivity index (χ1n) is 7.04. The molecule has 0 saturated carbocycles. The normalized spacial score (nSPS) is 11.4. The predicted molar refractivity (Wildman–Crippen MR) is 86.8 cm³/mol. The van der Waals surface area contributed by atoms with E-state index in [1.54, 1.807) is 12.1 Å². The maximum atomic E-state index is 12.2. The second kappa shape index (κ2) is 6.52. The molecule has 2 rings (SSSR count). The Labute approximate surface area is 133 Å². The number of hydrogen-bond donors (Lipinski definition) is 1. The molecule has 1 N–H and O–H groups in total. The third-order valence-corrected chi connectivity index (χ3v) is 3.26. The molecule has 114 valence electrons. The van der Waals surface area contributed by atoms with Crippen LogP contribution in [-0.2, 0) is 0 Å². The molecule has 1 aromatic heterocycles. The molecule has 5 heteroatoms. The first-order chi connectivity index (χ1) is 9.86. The number of nitrogens with one attached hydrogen (secondary N) is 1. The van der Waals surface area contributed by atoms with Crippen molar-refractivity contribution in [1.29, 1.82) is 0 Å². The molecule has 0 spiro atoms. The summed E-state index contributed by atoms with van der Waals surface area (Å²) in [4.78, 5) is 12.2. The molecule has 2 aromatic rings. The van der Waals surface area contributed by atoms with Gasteiger partial charge in [0.1, 0.15) is 11.3 Å². The van der Waals surface area contributed by atoms with E-state index in [1.165, 1.54) is 0 Å². The Morgan fingerprint density at radius 3 is 2.62 bits per heavy atom. The van der Waals surface area contributed by atoms with E-state index < -0.39 is 0 Å². The van der Waals surface area contributed by atoms with Gasteiger partial charge in [-0.25, -0.2) is 0 Å². The Kier molecular flexibility index (Phi) is 4.93. The summed E-state index contributed by atoms with van der Waals surface area (Å²) in [6, 6.07) is 5.35. The number of carbonyl (C=O) groups is 1. The minimum atomic E-state index is -0.119. The quantitative estimate of drug-likeness (QED) is 0.868. The minimum Gasteiger partial charge on any atom is -0.490 e. The molecule has 0 fully saturated rings. The number of rotatable bonds is 5. The third-order valence-electron chi connectivity index (χ3n) is 2.87. The van der Waals surface area contributed by atoms with Crippen LogP contribution >= 0.6 is 15.9 Å². The van der Waals surface area contributed by atoms with Crippen molar-refractivity contribution in [1.82, 2.24) is 5.32 Å². The van der Waals surface area contributed by atoms with Crippen LogP contribution in [0.1, 0.15) is 38.1 Å². The molecule has 4 nitrogen and oxygen atoms in total. The van der Waals surface area contributed by atoms with Crippen molar-refractivity contribution < 1.29 is 13.9 Å². The van der Waals surface area contributed by atoms with Gasteiger partial charge in [0.05, 0.1) is 11.5 Å². The Bertz CT molecular complexity index is 646. The van der Waals surface area contributed by atoms with Crippen LogP contribution in [0.3, 0.4) is 0 Å². The Hall–Kier alpha value is -1.49. The Morgan fingerprint density at radius 2 is 2.00 bits per heavy atom. The van der Waals surface area contributed by atoms with E-state index in [4.69, 9.17) is 9.15 Å². The SMILES string of the molecule is CC(C)CNC(=O)c1cc(OC(C)C)c2cc(Br)oc2c1. The summed E-state index contributed by atoms with van der Waals surface area (Å²) in [5.74, 6) is 0.945. The van der Waals surface area contributed by atoms with E-state index in [9.17, 15) is 4.79 Å². The topological polar surface area (TPSA) is 51.5 Å². The number of furan rings is 1. The molecule has 0 aliphatic rings. The summed E-state index contributed by atoms with van der Waals surface area (Å²) in [6.07, 6.45) is 0.0239. The van der Waals surface area contributed by atoms with Crippen LogP contribution in [0.2, 0.25) is 0 Å². The molecule has 0 aliphatic carbocycles. The standard InChI is InChI=1S/C16H20BrNO3/c1-9(2)8-18-16(19)11-5-13(20-10(3)4)12-7-15(17)21-14(12)6-11/h5-7,9-10H,8H2,1-4H3,(H,18,19). The second-order valence-electron chi connectivity index (χ2n) is 5.71. The van der Waals surface area contributed by atoms with Crippen molar-refractivity contribution in [3.8, 4) is 5.75 Å². The summed E-state index contributed by atoms with van der Waals surface area (Å²) in [6.45, 7) is 8.65. The fourth-order valence-electron chi connectivity index (χ4n) is 1.96. The number of hydrogen-bond acceptors (Lipinski definition) is 3. The van der Waals surface area contributed by atoms with Gasteiger partial charge in [-0.1, -0.05) is 13.8 Å². The van der Waals surface area contributed by atoms with Gasteiger partial charge in [0, 0.05) is 18.2 Å². The third kappa shape index (κ3) is 4.00. The molecule has 0 unspecified atom stereocenters. The first kappa shape index (κ1) is 15.9. The molecule has 21 heavy (non-hydrogen) atoms. The molecule has 1 heterocycles. The van der Waals surface area contributed by atoms with Crippen molar-refractivity contribution in [2.75, 3.05) is 6.54 Å². The zero-order valence-electron chi connectivity index (χ0n) is 12.7. The molecule has 0 bridgehead atoms. The van der Waals surface area contributed by atoms with Gasteiger partial charge in [0.2, 0.25) is 0 Å². The number of fused-ring (bicyclic) bond motifs is 1. The number of halogens is 1. The van der Waals surface area contributed by atoms with Crippen molar-refractivity contribution >= 4 is 32.8 Å². The molecular formula is C16H20BrNO3. The number of carbonyl (C=O) groups excluding carboxylic acids is 1. The lowest BCUT2D eigenvalue weighted by Crippen LogP contribution is -2.27. The van der Waals surface area contributed by atoms with Crippen LogP contribution in [0.15, 0.2) is 27.3 Å². The second-order valence-corrected chi connectivity index (χ2v) is 6.49. The highest BCUT2D eigenvalue weighted by Gasteiger charge is 2.15. The van der Waals surface area contributed by atoms with E-state index in [0.717, 1.165) is 5.39 Å². The zero-order chi connectivity index (χ0) is 15.6. The van der Waals surface area contributed by atoms with Gasteiger partial charge >= 0.3 is 0 Å². The number of ether oxygens (including phenoxy) is 1. The predicted octanol–water partition coefficient (Wildman–Crippen LogP) is 4.37. The van der Waals surface area contributed by atoms with Crippen molar-refractivity contribution in [3.05, 3.63) is 28.4 Å². The van der Waals surface area contributed by atoms with Gasteiger partial charge < -0.3 is 14.5 Å². The maximum absolute atomic E-state index is 12.2. The summed E-state index contributed by atoms with van der Waals surface area (Å²) < 4.78 is 12.0. The van der Waals surface area contributed by atoms with Gasteiger partial charge in [0.15, 0.2) is 4.67 Å². The van der Waals surface area contributed by atoms with Gasteiger partial charge in [-0.2, -0.15) is 0 Å². The van der Waals surface area contributed by atoms with E-state index in [-0.39, 0.29) is 12.0 Å².